The minimum absolute atomic E-state index is 0.177. The van der Waals surface area contributed by atoms with Crippen LogP contribution in [0.15, 0.2) is 63.6 Å². The number of rotatable bonds is 9. The smallest absolute Gasteiger partial charge is 0.277 e. The molecule has 0 amide bonds. The van der Waals surface area contributed by atoms with Crippen LogP contribution in [0.4, 0.5) is 4.39 Å². The highest BCUT2D eigenvalue weighted by Gasteiger charge is 2.10. The van der Waals surface area contributed by atoms with Gasteiger partial charge in [-0.3, -0.25) is 0 Å². The van der Waals surface area contributed by atoms with Crippen molar-refractivity contribution in [3.8, 4) is 11.5 Å². The Morgan fingerprint density at radius 1 is 0.967 bits per heavy atom. The molecule has 0 bridgehead atoms. The first-order chi connectivity index (χ1) is 14.6. The van der Waals surface area contributed by atoms with Crippen LogP contribution in [0.2, 0.25) is 5.02 Å². The van der Waals surface area contributed by atoms with Crippen molar-refractivity contribution in [2.45, 2.75) is 24.2 Å². The minimum atomic E-state index is -0.295. The number of halogens is 2. The molecule has 2 heterocycles. The Hall–Kier alpha value is -2.62. The first kappa shape index (κ1) is 20.6. The number of benzene rings is 2. The van der Waals surface area contributed by atoms with Gasteiger partial charge in [-0.2, -0.15) is 0 Å². The number of thiazole rings is 1. The Balaban J connectivity index is 1.23. The standard InChI is InChI=1S/C20H15ClFN3O3S2/c21-13-1-5-16(6-2-13)26-9-18-24-25-20(28-18)30-12-15-11-29-19(23-15)10-27-17-7-3-14(22)4-8-17/h1-8,11H,9-10,12H2. The molecule has 0 unspecified atom stereocenters. The van der Waals surface area contributed by atoms with Crippen LogP contribution < -0.4 is 9.47 Å². The topological polar surface area (TPSA) is 70.3 Å². The van der Waals surface area contributed by atoms with Crippen LogP contribution in [-0.4, -0.2) is 15.2 Å². The summed E-state index contributed by atoms with van der Waals surface area (Å²) in [4.78, 5) is 4.52. The molecule has 0 atom stereocenters. The van der Waals surface area contributed by atoms with Gasteiger partial charge in [0.1, 0.15) is 28.9 Å². The van der Waals surface area contributed by atoms with Crippen molar-refractivity contribution in [1.29, 1.82) is 0 Å². The maximum atomic E-state index is 12.9. The predicted octanol–water partition coefficient (Wildman–Crippen LogP) is 5.77. The third-order valence-corrected chi connectivity index (χ3v) is 5.72. The van der Waals surface area contributed by atoms with E-state index in [1.54, 1.807) is 36.4 Å². The van der Waals surface area contributed by atoms with E-state index in [9.17, 15) is 4.39 Å². The molecular formula is C20H15ClFN3O3S2. The lowest BCUT2D eigenvalue weighted by Crippen LogP contribution is -1.95. The maximum Gasteiger partial charge on any atom is 0.277 e. The normalized spacial score (nSPS) is 10.9. The molecule has 6 nitrogen and oxygen atoms in total. The minimum Gasteiger partial charge on any atom is -0.486 e. The fraction of sp³-hybridized carbons (Fsp3) is 0.150. The summed E-state index contributed by atoms with van der Waals surface area (Å²) in [6.07, 6.45) is 0. The monoisotopic (exact) mass is 463 g/mol. The van der Waals surface area contributed by atoms with E-state index in [2.05, 4.69) is 15.2 Å². The van der Waals surface area contributed by atoms with Gasteiger partial charge in [-0.25, -0.2) is 9.37 Å². The predicted molar refractivity (Wildman–Crippen MR) is 112 cm³/mol. The number of hydrogen-bond donors (Lipinski definition) is 0. The van der Waals surface area contributed by atoms with E-state index in [4.69, 9.17) is 25.5 Å². The summed E-state index contributed by atoms with van der Waals surface area (Å²) in [5, 5.41) is 11.9. The lowest BCUT2D eigenvalue weighted by atomic mass is 10.3. The molecule has 0 N–H and O–H groups in total. The zero-order valence-corrected chi connectivity index (χ0v) is 17.8. The van der Waals surface area contributed by atoms with Crippen molar-refractivity contribution in [3.63, 3.8) is 0 Å². The largest absolute Gasteiger partial charge is 0.486 e. The van der Waals surface area contributed by atoms with Gasteiger partial charge in [0.05, 0.1) is 5.69 Å². The van der Waals surface area contributed by atoms with Gasteiger partial charge < -0.3 is 13.9 Å². The molecule has 4 rings (SSSR count). The van der Waals surface area contributed by atoms with E-state index >= 15 is 0 Å². The first-order valence-corrected chi connectivity index (χ1v) is 11.0. The molecule has 0 saturated heterocycles. The van der Waals surface area contributed by atoms with Gasteiger partial charge in [-0.05, 0) is 48.5 Å². The van der Waals surface area contributed by atoms with Gasteiger partial charge >= 0.3 is 0 Å². The summed E-state index contributed by atoms with van der Waals surface area (Å²) in [6, 6.07) is 12.9. The zero-order valence-electron chi connectivity index (χ0n) is 15.5. The quantitative estimate of drug-likeness (QED) is 0.292. The second-order valence-electron chi connectivity index (χ2n) is 5.97. The Bertz CT molecular complexity index is 1000. The summed E-state index contributed by atoms with van der Waals surface area (Å²) < 4.78 is 29.7. The van der Waals surface area contributed by atoms with Crippen LogP contribution in [0.1, 0.15) is 16.6 Å². The number of nitrogens with zero attached hydrogens (tertiary/aromatic N) is 3. The van der Waals surface area contributed by atoms with Crippen LogP contribution in [0.3, 0.4) is 0 Å². The Kier molecular flexibility index (Phi) is 6.83. The molecule has 0 aliphatic heterocycles. The molecule has 0 radical (unpaired) electrons. The highest BCUT2D eigenvalue weighted by atomic mass is 35.5. The molecular weight excluding hydrogens is 449 g/mol. The molecule has 0 fully saturated rings. The average Bonchev–Trinajstić information content (AvgIpc) is 3.41. The van der Waals surface area contributed by atoms with Crippen molar-refractivity contribution in [2.24, 2.45) is 0 Å². The Labute approximate surface area is 185 Å². The van der Waals surface area contributed by atoms with Crippen molar-refractivity contribution < 1.29 is 18.3 Å². The van der Waals surface area contributed by atoms with Crippen molar-refractivity contribution in [1.82, 2.24) is 15.2 Å². The van der Waals surface area contributed by atoms with Crippen molar-refractivity contribution in [3.05, 3.63) is 81.3 Å². The molecule has 30 heavy (non-hydrogen) atoms. The van der Waals surface area contributed by atoms with Crippen molar-refractivity contribution in [2.75, 3.05) is 0 Å². The zero-order chi connectivity index (χ0) is 20.8. The third-order valence-electron chi connectivity index (χ3n) is 3.74. The molecule has 2 aromatic heterocycles. The van der Waals surface area contributed by atoms with E-state index in [0.29, 0.717) is 40.0 Å². The second kappa shape index (κ2) is 9.92. The van der Waals surface area contributed by atoms with Crippen LogP contribution in [0.5, 0.6) is 11.5 Å². The molecule has 10 heteroatoms. The van der Waals surface area contributed by atoms with E-state index < -0.39 is 0 Å². The van der Waals surface area contributed by atoms with E-state index in [1.807, 2.05) is 5.38 Å². The van der Waals surface area contributed by atoms with Gasteiger partial charge in [0.15, 0.2) is 6.61 Å². The SMILES string of the molecule is Fc1ccc(OCc2nc(CSc3nnc(COc4ccc(Cl)cc4)o3)cs2)cc1. The third kappa shape index (κ3) is 5.94. The highest BCUT2D eigenvalue weighted by Crippen LogP contribution is 2.24. The molecule has 0 saturated carbocycles. The van der Waals surface area contributed by atoms with E-state index in [1.165, 1.54) is 35.2 Å². The molecule has 2 aromatic carbocycles. The molecule has 0 spiro atoms. The van der Waals surface area contributed by atoms with E-state index in [-0.39, 0.29) is 12.4 Å². The van der Waals surface area contributed by atoms with Gasteiger partial charge in [0.2, 0.25) is 0 Å². The van der Waals surface area contributed by atoms with Gasteiger partial charge in [-0.1, -0.05) is 23.4 Å². The fourth-order valence-electron chi connectivity index (χ4n) is 2.32. The number of ether oxygens (including phenoxy) is 2. The summed E-state index contributed by atoms with van der Waals surface area (Å²) >= 11 is 8.74. The van der Waals surface area contributed by atoms with Crippen LogP contribution in [0.25, 0.3) is 0 Å². The van der Waals surface area contributed by atoms with Crippen molar-refractivity contribution >= 4 is 34.7 Å². The Morgan fingerprint density at radius 2 is 1.67 bits per heavy atom. The highest BCUT2D eigenvalue weighted by molar-refractivity contribution is 7.98. The number of thioether (sulfide) groups is 1. The van der Waals surface area contributed by atoms with E-state index in [0.717, 1.165) is 10.7 Å². The fourth-order valence-corrected chi connectivity index (χ4v) is 3.93. The van der Waals surface area contributed by atoms with Crippen LogP contribution in [0, 0.1) is 5.82 Å². The molecule has 4 aromatic rings. The number of aromatic nitrogens is 3. The summed E-state index contributed by atoms with van der Waals surface area (Å²) in [6.45, 7) is 0.504. The number of hydrogen-bond acceptors (Lipinski definition) is 8. The summed E-state index contributed by atoms with van der Waals surface area (Å²) in [5.41, 5.74) is 0.889. The summed E-state index contributed by atoms with van der Waals surface area (Å²) in [5.74, 6) is 1.95. The maximum absolute atomic E-state index is 12.9. The lowest BCUT2D eigenvalue weighted by Gasteiger charge is -2.03. The molecule has 0 aliphatic carbocycles. The summed E-state index contributed by atoms with van der Waals surface area (Å²) in [7, 11) is 0. The molecule has 0 aliphatic rings. The van der Waals surface area contributed by atoms with Gasteiger partial charge in [-0.15, -0.1) is 21.5 Å². The first-order valence-electron chi connectivity index (χ1n) is 8.79. The average molecular weight is 464 g/mol. The second-order valence-corrected chi connectivity index (χ2v) is 8.27. The van der Waals surface area contributed by atoms with Crippen LogP contribution in [-0.2, 0) is 19.0 Å². The van der Waals surface area contributed by atoms with Gasteiger partial charge in [0, 0.05) is 16.2 Å². The molecule has 154 valence electrons. The lowest BCUT2D eigenvalue weighted by molar-refractivity contribution is 0.252. The van der Waals surface area contributed by atoms with Gasteiger partial charge in [0.25, 0.3) is 11.1 Å². The Morgan fingerprint density at radius 3 is 2.43 bits per heavy atom. The van der Waals surface area contributed by atoms with Crippen LogP contribution >= 0.6 is 34.7 Å².